The van der Waals surface area contributed by atoms with Gasteiger partial charge in [0.15, 0.2) is 5.82 Å². The number of imidazole rings is 1. The number of benzene rings is 1. The molecule has 156 valence electrons. The Morgan fingerprint density at radius 2 is 2.07 bits per heavy atom. The molecule has 1 fully saturated rings. The number of carbonyl (C=O) groups is 1. The standard InChI is InChI=1S/C20H22N6O.CH2O2/c1-27-15-9-5-8-13-10-14(24-16(13)15)17-18-19(21)22-11-23-26(18)20(25-17)12-6-3-2-4-7-12;2-1-3/h5,8-12,24H,2-4,6-7H2,1H3,(H2,21,22,23);1H,(H,2,3). The van der Waals surface area contributed by atoms with Crippen LogP contribution in [0, 0.1) is 0 Å². The van der Waals surface area contributed by atoms with Gasteiger partial charge in [0.25, 0.3) is 6.47 Å². The minimum atomic E-state index is -0.250. The van der Waals surface area contributed by atoms with Crippen molar-refractivity contribution in [2.24, 2.45) is 0 Å². The first-order valence-corrected chi connectivity index (χ1v) is 9.91. The largest absolute Gasteiger partial charge is 0.495 e. The maximum atomic E-state index is 8.36. The number of H-pyrrole nitrogens is 1. The number of aromatic amines is 1. The Labute approximate surface area is 172 Å². The highest BCUT2D eigenvalue weighted by Crippen LogP contribution is 2.37. The van der Waals surface area contributed by atoms with Gasteiger partial charge in [-0.1, -0.05) is 31.4 Å². The van der Waals surface area contributed by atoms with Crippen LogP contribution in [-0.2, 0) is 4.79 Å². The molecule has 0 bridgehead atoms. The summed E-state index contributed by atoms with van der Waals surface area (Å²) in [6.07, 6.45) is 7.56. The molecular formula is C21H24N6O3. The fourth-order valence-corrected chi connectivity index (χ4v) is 4.22. The van der Waals surface area contributed by atoms with E-state index in [2.05, 4.69) is 27.2 Å². The van der Waals surface area contributed by atoms with Gasteiger partial charge in [0.1, 0.15) is 29.1 Å². The molecule has 1 aliphatic carbocycles. The van der Waals surface area contributed by atoms with Crippen LogP contribution in [0.5, 0.6) is 5.75 Å². The van der Waals surface area contributed by atoms with Crippen LogP contribution in [0.1, 0.15) is 43.8 Å². The van der Waals surface area contributed by atoms with Gasteiger partial charge in [-0.25, -0.2) is 14.5 Å². The lowest BCUT2D eigenvalue weighted by molar-refractivity contribution is -0.122. The lowest BCUT2D eigenvalue weighted by atomic mass is 9.89. The number of rotatable bonds is 3. The summed E-state index contributed by atoms with van der Waals surface area (Å²) in [5, 5.41) is 12.4. The van der Waals surface area contributed by atoms with Crippen molar-refractivity contribution in [3.05, 3.63) is 36.4 Å². The van der Waals surface area contributed by atoms with Gasteiger partial charge in [-0.15, -0.1) is 0 Å². The van der Waals surface area contributed by atoms with Crippen molar-refractivity contribution in [2.75, 3.05) is 12.8 Å². The molecule has 9 nitrogen and oxygen atoms in total. The molecule has 0 saturated heterocycles. The smallest absolute Gasteiger partial charge is 0.290 e. The Balaban J connectivity index is 0.000000687. The molecule has 4 aromatic rings. The quantitative estimate of drug-likeness (QED) is 0.441. The zero-order valence-corrected chi connectivity index (χ0v) is 16.7. The number of anilines is 1. The second-order valence-corrected chi connectivity index (χ2v) is 7.27. The highest BCUT2D eigenvalue weighted by Gasteiger charge is 2.25. The summed E-state index contributed by atoms with van der Waals surface area (Å²) in [5.41, 5.74) is 9.65. The molecule has 5 rings (SSSR count). The predicted molar refractivity (Wildman–Crippen MR) is 114 cm³/mol. The van der Waals surface area contributed by atoms with Crippen molar-refractivity contribution in [1.29, 1.82) is 0 Å². The topological polar surface area (TPSA) is 131 Å². The lowest BCUT2D eigenvalue weighted by Crippen LogP contribution is -2.10. The molecule has 0 aliphatic heterocycles. The van der Waals surface area contributed by atoms with Crippen LogP contribution < -0.4 is 10.5 Å². The number of nitrogens with two attached hydrogens (primary N) is 1. The number of hydrogen-bond donors (Lipinski definition) is 3. The number of hydrogen-bond acceptors (Lipinski definition) is 6. The van der Waals surface area contributed by atoms with E-state index in [1.165, 1.54) is 25.6 Å². The van der Waals surface area contributed by atoms with Crippen LogP contribution in [0.15, 0.2) is 30.6 Å². The number of para-hydroxylation sites is 1. The number of nitrogens with one attached hydrogen (secondary N) is 1. The highest BCUT2D eigenvalue weighted by molar-refractivity contribution is 5.93. The first kappa shape index (κ1) is 19.7. The summed E-state index contributed by atoms with van der Waals surface area (Å²) in [4.78, 5) is 21.0. The Morgan fingerprint density at radius 3 is 2.80 bits per heavy atom. The van der Waals surface area contributed by atoms with Crippen molar-refractivity contribution in [1.82, 2.24) is 24.6 Å². The minimum absolute atomic E-state index is 0.250. The summed E-state index contributed by atoms with van der Waals surface area (Å²) < 4.78 is 7.37. The van der Waals surface area contributed by atoms with Gasteiger partial charge < -0.3 is 20.6 Å². The second-order valence-electron chi connectivity index (χ2n) is 7.27. The molecule has 0 radical (unpaired) electrons. The summed E-state index contributed by atoms with van der Waals surface area (Å²) in [7, 11) is 1.67. The van der Waals surface area contributed by atoms with Crippen LogP contribution >= 0.6 is 0 Å². The molecule has 1 aliphatic rings. The van der Waals surface area contributed by atoms with Gasteiger partial charge >= 0.3 is 0 Å². The van der Waals surface area contributed by atoms with E-state index < -0.39 is 0 Å². The number of fused-ring (bicyclic) bond motifs is 2. The molecule has 0 spiro atoms. The fourth-order valence-electron chi connectivity index (χ4n) is 4.22. The van der Waals surface area contributed by atoms with Crippen molar-refractivity contribution in [2.45, 2.75) is 38.0 Å². The van der Waals surface area contributed by atoms with Gasteiger partial charge in [-0.05, 0) is 25.0 Å². The fraction of sp³-hybridized carbons (Fsp3) is 0.333. The Hall–Kier alpha value is -3.62. The molecule has 3 aromatic heterocycles. The normalized spacial score (nSPS) is 14.4. The van der Waals surface area contributed by atoms with E-state index >= 15 is 0 Å². The summed E-state index contributed by atoms with van der Waals surface area (Å²) in [5.74, 6) is 2.65. The summed E-state index contributed by atoms with van der Waals surface area (Å²) in [6, 6.07) is 8.06. The van der Waals surface area contributed by atoms with Gasteiger partial charge in [0.05, 0.1) is 18.3 Å². The molecule has 0 atom stereocenters. The number of carboxylic acid groups (broad SMARTS) is 1. The number of aromatic nitrogens is 5. The van der Waals surface area contributed by atoms with E-state index in [-0.39, 0.29) is 6.47 Å². The average molecular weight is 408 g/mol. The monoisotopic (exact) mass is 408 g/mol. The van der Waals surface area contributed by atoms with Crippen LogP contribution in [0.4, 0.5) is 5.82 Å². The highest BCUT2D eigenvalue weighted by atomic mass is 16.5. The van der Waals surface area contributed by atoms with Gasteiger partial charge in [0, 0.05) is 11.3 Å². The number of ether oxygens (including phenoxy) is 1. The van der Waals surface area contributed by atoms with E-state index in [0.717, 1.165) is 52.2 Å². The van der Waals surface area contributed by atoms with E-state index in [1.807, 2.05) is 16.6 Å². The number of methoxy groups -OCH3 is 1. The third-order valence-electron chi connectivity index (χ3n) is 5.55. The lowest BCUT2D eigenvalue weighted by Gasteiger charge is -2.19. The maximum absolute atomic E-state index is 8.36. The van der Waals surface area contributed by atoms with E-state index in [4.69, 9.17) is 25.4 Å². The van der Waals surface area contributed by atoms with Crippen molar-refractivity contribution >= 4 is 28.7 Å². The second kappa shape index (κ2) is 8.40. The Kier molecular flexibility index (Phi) is 5.51. The molecule has 4 N–H and O–H groups in total. The number of nitrogens with zero attached hydrogens (tertiary/aromatic N) is 4. The van der Waals surface area contributed by atoms with E-state index in [9.17, 15) is 0 Å². The van der Waals surface area contributed by atoms with Crippen molar-refractivity contribution in [3.63, 3.8) is 0 Å². The third-order valence-corrected chi connectivity index (χ3v) is 5.55. The third kappa shape index (κ3) is 3.42. The molecule has 9 heteroatoms. The van der Waals surface area contributed by atoms with Crippen LogP contribution in [0.25, 0.3) is 27.8 Å². The molecule has 1 saturated carbocycles. The number of nitrogen functional groups attached to an aromatic ring is 1. The van der Waals surface area contributed by atoms with Crippen molar-refractivity contribution in [3.8, 4) is 17.1 Å². The molecule has 0 amide bonds. The van der Waals surface area contributed by atoms with Gasteiger partial charge in [-0.3, -0.25) is 4.79 Å². The molecular weight excluding hydrogens is 384 g/mol. The Bertz CT molecular complexity index is 1180. The van der Waals surface area contributed by atoms with Crippen molar-refractivity contribution < 1.29 is 14.6 Å². The summed E-state index contributed by atoms with van der Waals surface area (Å²) >= 11 is 0. The average Bonchev–Trinajstić information content (AvgIpc) is 3.37. The van der Waals surface area contributed by atoms with E-state index in [0.29, 0.717) is 11.7 Å². The molecule has 0 unspecified atom stereocenters. The molecule has 30 heavy (non-hydrogen) atoms. The maximum Gasteiger partial charge on any atom is 0.290 e. The molecule has 3 heterocycles. The van der Waals surface area contributed by atoms with Crippen LogP contribution in [0.2, 0.25) is 0 Å². The Morgan fingerprint density at radius 1 is 1.30 bits per heavy atom. The first-order valence-electron chi connectivity index (χ1n) is 9.91. The first-order chi connectivity index (χ1) is 14.7. The van der Waals surface area contributed by atoms with Crippen LogP contribution in [0.3, 0.4) is 0 Å². The predicted octanol–water partition coefficient (Wildman–Crippen LogP) is 3.61. The zero-order chi connectivity index (χ0) is 21.1. The van der Waals surface area contributed by atoms with Crippen LogP contribution in [-0.4, -0.2) is 43.3 Å². The van der Waals surface area contributed by atoms with Gasteiger partial charge in [0.2, 0.25) is 0 Å². The zero-order valence-electron chi connectivity index (χ0n) is 16.7. The minimum Gasteiger partial charge on any atom is -0.495 e. The van der Waals surface area contributed by atoms with E-state index in [1.54, 1.807) is 7.11 Å². The molecule has 1 aromatic carbocycles. The summed E-state index contributed by atoms with van der Waals surface area (Å²) in [6.45, 7) is -0.250. The van der Waals surface area contributed by atoms with Gasteiger partial charge in [-0.2, -0.15) is 5.10 Å². The SMILES string of the molecule is COc1cccc2cc(-c3nc(C4CCCCC4)n4ncnc(N)c34)[nH]c12.O=CO.